The van der Waals surface area contributed by atoms with Crippen molar-refractivity contribution in [3.05, 3.63) is 34.6 Å². The second kappa shape index (κ2) is 6.42. The highest BCUT2D eigenvalue weighted by Crippen LogP contribution is 2.21. The predicted octanol–water partition coefficient (Wildman–Crippen LogP) is 3.83. The number of piperidine rings is 1. The number of likely N-dealkylation sites (tertiary alicyclic amines) is 1. The summed E-state index contributed by atoms with van der Waals surface area (Å²) in [5, 5.41) is 3.75. The van der Waals surface area contributed by atoms with Crippen molar-refractivity contribution < 1.29 is 4.39 Å². The van der Waals surface area contributed by atoms with Crippen LogP contribution in [-0.4, -0.2) is 29.6 Å². The van der Waals surface area contributed by atoms with Gasteiger partial charge in [-0.25, -0.2) is 4.39 Å². The number of halogens is 2. The first-order chi connectivity index (χ1) is 9.36. The minimum absolute atomic E-state index is 0.201. The summed E-state index contributed by atoms with van der Waals surface area (Å²) >= 11 is 5.80. The van der Waals surface area contributed by atoms with Gasteiger partial charge < -0.3 is 5.32 Å². The van der Waals surface area contributed by atoms with Crippen LogP contribution in [0.3, 0.4) is 0 Å². The SMILES string of the molecule is CC(C)(C)N1CCC(NCc2ccc(F)c(Cl)c2)CC1. The third-order valence-corrected chi connectivity index (χ3v) is 4.31. The Kier molecular flexibility index (Phi) is 5.05. The van der Waals surface area contributed by atoms with E-state index in [0.717, 1.165) is 38.0 Å². The van der Waals surface area contributed by atoms with Crippen LogP contribution in [0.4, 0.5) is 4.39 Å². The Morgan fingerprint density at radius 2 is 1.95 bits per heavy atom. The molecule has 0 radical (unpaired) electrons. The van der Waals surface area contributed by atoms with Gasteiger partial charge in [0.2, 0.25) is 0 Å². The molecular weight excluding hydrogens is 275 g/mol. The van der Waals surface area contributed by atoms with Crippen LogP contribution in [0.25, 0.3) is 0 Å². The molecule has 1 aliphatic rings. The Labute approximate surface area is 126 Å². The Hall–Kier alpha value is -0.640. The Balaban J connectivity index is 1.80. The van der Waals surface area contributed by atoms with E-state index in [4.69, 9.17) is 11.6 Å². The van der Waals surface area contributed by atoms with Gasteiger partial charge in [-0.3, -0.25) is 4.90 Å². The molecule has 1 fully saturated rings. The third-order valence-electron chi connectivity index (χ3n) is 4.02. The lowest BCUT2D eigenvalue weighted by molar-refractivity contribution is 0.0960. The molecule has 1 aliphatic heterocycles. The molecule has 20 heavy (non-hydrogen) atoms. The van der Waals surface area contributed by atoms with Crippen LogP contribution in [0.1, 0.15) is 39.2 Å². The van der Waals surface area contributed by atoms with Gasteiger partial charge in [0.25, 0.3) is 0 Å². The van der Waals surface area contributed by atoms with E-state index in [-0.39, 0.29) is 16.4 Å². The highest BCUT2D eigenvalue weighted by Gasteiger charge is 2.26. The molecule has 0 atom stereocenters. The number of benzene rings is 1. The average molecular weight is 299 g/mol. The van der Waals surface area contributed by atoms with E-state index in [9.17, 15) is 4.39 Å². The second-order valence-electron chi connectivity index (χ2n) is 6.56. The van der Waals surface area contributed by atoms with Crippen LogP contribution in [0, 0.1) is 5.82 Å². The quantitative estimate of drug-likeness (QED) is 0.912. The van der Waals surface area contributed by atoms with E-state index in [2.05, 4.69) is 31.0 Å². The van der Waals surface area contributed by atoms with Crippen molar-refractivity contribution in [3.8, 4) is 0 Å². The molecule has 0 bridgehead atoms. The fraction of sp³-hybridized carbons (Fsp3) is 0.625. The van der Waals surface area contributed by atoms with Crippen molar-refractivity contribution in [2.24, 2.45) is 0 Å². The minimum atomic E-state index is -0.353. The standard InChI is InChI=1S/C16H24ClFN2/c1-16(2,3)20-8-6-13(7-9-20)19-11-12-4-5-15(18)14(17)10-12/h4-5,10,13,19H,6-9,11H2,1-3H3. The van der Waals surface area contributed by atoms with Gasteiger partial charge in [-0.2, -0.15) is 0 Å². The molecule has 0 aromatic heterocycles. The molecule has 1 N–H and O–H groups in total. The van der Waals surface area contributed by atoms with Crippen molar-refractivity contribution >= 4 is 11.6 Å². The summed E-state index contributed by atoms with van der Waals surface area (Å²) in [6, 6.07) is 5.46. The average Bonchev–Trinajstić information content (AvgIpc) is 2.40. The third kappa shape index (κ3) is 4.18. The summed E-state index contributed by atoms with van der Waals surface area (Å²) in [7, 11) is 0. The molecule has 0 unspecified atom stereocenters. The molecule has 2 nitrogen and oxygen atoms in total. The van der Waals surface area contributed by atoms with E-state index in [1.54, 1.807) is 12.1 Å². The summed E-state index contributed by atoms with van der Waals surface area (Å²) in [6.07, 6.45) is 2.32. The van der Waals surface area contributed by atoms with Crippen LogP contribution < -0.4 is 5.32 Å². The lowest BCUT2D eigenvalue weighted by Gasteiger charge is -2.41. The van der Waals surface area contributed by atoms with E-state index in [0.29, 0.717) is 6.04 Å². The molecule has 1 aromatic rings. The van der Waals surface area contributed by atoms with Gasteiger partial charge in [0.05, 0.1) is 5.02 Å². The first-order valence-electron chi connectivity index (χ1n) is 7.28. The van der Waals surface area contributed by atoms with Crippen LogP contribution in [0.5, 0.6) is 0 Å². The van der Waals surface area contributed by atoms with Crippen LogP contribution in [-0.2, 0) is 6.54 Å². The highest BCUT2D eigenvalue weighted by atomic mass is 35.5. The number of rotatable bonds is 3. The Bertz CT molecular complexity index is 448. The molecule has 0 amide bonds. The zero-order valence-electron chi connectivity index (χ0n) is 12.5. The minimum Gasteiger partial charge on any atom is -0.310 e. The maximum Gasteiger partial charge on any atom is 0.141 e. The Morgan fingerprint density at radius 3 is 2.50 bits per heavy atom. The van der Waals surface area contributed by atoms with Gasteiger partial charge in [0.1, 0.15) is 5.82 Å². The van der Waals surface area contributed by atoms with E-state index >= 15 is 0 Å². The number of hydrogen-bond donors (Lipinski definition) is 1. The van der Waals surface area contributed by atoms with Gasteiger partial charge in [-0.15, -0.1) is 0 Å². The molecule has 0 saturated carbocycles. The number of hydrogen-bond acceptors (Lipinski definition) is 2. The summed E-state index contributed by atoms with van der Waals surface area (Å²) in [4.78, 5) is 2.53. The predicted molar refractivity (Wildman–Crippen MR) is 82.6 cm³/mol. The smallest absolute Gasteiger partial charge is 0.141 e. The van der Waals surface area contributed by atoms with Crippen LogP contribution in [0.15, 0.2) is 18.2 Å². The van der Waals surface area contributed by atoms with Crippen molar-refractivity contribution in [1.29, 1.82) is 0 Å². The normalized spacial score (nSPS) is 18.4. The summed E-state index contributed by atoms with van der Waals surface area (Å²) in [6.45, 7) is 9.81. The molecule has 4 heteroatoms. The molecule has 0 spiro atoms. The fourth-order valence-corrected chi connectivity index (χ4v) is 2.87. The molecule has 1 saturated heterocycles. The van der Waals surface area contributed by atoms with Crippen molar-refractivity contribution in [2.45, 2.75) is 51.7 Å². The second-order valence-corrected chi connectivity index (χ2v) is 6.97. The number of nitrogens with zero attached hydrogens (tertiary/aromatic N) is 1. The fourth-order valence-electron chi connectivity index (χ4n) is 2.67. The van der Waals surface area contributed by atoms with E-state index < -0.39 is 0 Å². The van der Waals surface area contributed by atoms with Crippen molar-refractivity contribution in [3.63, 3.8) is 0 Å². The van der Waals surface area contributed by atoms with Crippen LogP contribution in [0.2, 0.25) is 5.02 Å². The molecule has 1 aromatic carbocycles. The summed E-state index contributed by atoms with van der Waals surface area (Å²) < 4.78 is 13.1. The molecule has 0 aliphatic carbocycles. The first kappa shape index (κ1) is 15.7. The number of nitrogens with one attached hydrogen (secondary N) is 1. The van der Waals surface area contributed by atoms with Gasteiger partial charge in [0, 0.05) is 31.2 Å². The Morgan fingerprint density at radius 1 is 1.30 bits per heavy atom. The van der Waals surface area contributed by atoms with Crippen LogP contribution >= 0.6 is 11.6 Å². The first-order valence-corrected chi connectivity index (χ1v) is 7.66. The van der Waals surface area contributed by atoms with E-state index in [1.165, 1.54) is 6.07 Å². The largest absolute Gasteiger partial charge is 0.310 e. The zero-order valence-corrected chi connectivity index (χ0v) is 13.3. The monoisotopic (exact) mass is 298 g/mol. The summed E-state index contributed by atoms with van der Waals surface area (Å²) in [5.74, 6) is -0.353. The maximum atomic E-state index is 13.1. The van der Waals surface area contributed by atoms with E-state index in [1.807, 2.05) is 0 Å². The molecular formula is C16H24ClFN2. The lowest BCUT2D eigenvalue weighted by atomic mass is 9.98. The molecule has 1 heterocycles. The highest BCUT2D eigenvalue weighted by molar-refractivity contribution is 6.30. The topological polar surface area (TPSA) is 15.3 Å². The maximum absolute atomic E-state index is 13.1. The molecule has 112 valence electrons. The van der Waals surface area contributed by atoms with Gasteiger partial charge in [-0.1, -0.05) is 17.7 Å². The van der Waals surface area contributed by atoms with Crippen molar-refractivity contribution in [1.82, 2.24) is 10.2 Å². The molecule has 2 rings (SSSR count). The zero-order chi connectivity index (χ0) is 14.8. The summed E-state index contributed by atoms with van der Waals surface area (Å²) in [5.41, 5.74) is 1.30. The van der Waals surface area contributed by atoms with Crippen molar-refractivity contribution in [2.75, 3.05) is 13.1 Å². The van der Waals surface area contributed by atoms with Gasteiger partial charge in [0.15, 0.2) is 0 Å². The van der Waals surface area contributed by atoms with Gasteiger partial charge >= 0.3 is 0 Å². The van der Waals surface area contributed by atoms with Gasteiger partial charge in [-0.05, 0) is 51.3 Å². The lowest BCUT2D eigenvalue weighted by Crippen LogP contribution is -2.49.